The molecular formula is C25H30FN3O3. The molecule has 1 saturated carbocycles. The normalized spacial score (nSPS) is 26.6. The SMILES string of the molecule is COc1cc2c(cc1OCC1CC3CN(C)CC3C1)N=CCC2Oc1ccc(N)cc1F. The maximum Gasteiger partial charge on any atom is 0.167 e. The highest BCUT2D eigenvalue weighted by atomic mass is 19.1. The van der Waals surface area contributed by atoms with Crippen molar-refractivity contribution < 1.29 is 18.6 Å². The Morgan fingerprint density at radius 1 is 1.09 bits per heavy atom. The van der Waals surface area contributed by atoms with Crippen molar-refractivity contribution >= 4 is 17.6 Å². The topological polar surface area (TPSA) is 69.3 Å². The zero-order valence-corrected chi connectivity index (χ0v) is 18.6. The number of ether oxygens (including phenoxy) is 3. The van der Waals surface area contributed by atoms with Crippen molar-refractivity contribution in [2.45, 2.75) is 25.4 Å². The molecule has 2 aromatic carbocycles. The van der Waals surface area contributed by atoms with E-state index in [-0.39, 0.29) is 11.9 Å². The minimum atomic E-state index is -0.478. The summed E-state index contributed by atoms with van der Waals surface area (Å²) in [6.07, 6.45) is 4.43. The van der Waals surface area contributed by atoms with Gasteiger partial charge in [0.25, 0.3) is 0 Å². The highest BCUT2D eigenvalue weighted by Crippen LogP contribution is 2.44. The Bertz CT molecular complexity index is 1010. The Hall–Kier alpha value is -2.80. The molecule has 3 atom stereocenters. The summed E-state index contributed by atoms with van der Waals surface area (Å²) in [4.78, 5) is 6.97. The van der Waals surface area contributed by atoms with Crippen LogP contribution in [0.2, 0.25) is 0 Å². The molecular weight excluding hydrogens is 409 g/mol. The summed E-state index contributed by atoms with van der Waals surface area (Å²) in [6, 6.07) is 8.25. The zero-order valence-electron chi connectivity index (χ0n) is 18.6. The summed E-state index contributed by atoms with van der Waals surface area (Å²) in [5.74, 6) is 3.20. The van der Waals surface area contributed by atoms with Gasteiger partial charge in [-0.1, -0.05) is 0 Å². The second-order valence-electron chi connectivity index (χ2n) is 9.30. The van der Waals surface area contributed by atoms with Crippen LogP contribution in [-0.4, -0.2) is 45.0 Å². The van der Waals surface area contributed by atoms with Crippen LogP contribution in [0.4, 0.5) is 15.8 Å². The van der Waals surface area contributed by atoms with Gasteiger partial charge in [0.1, 0.15) is 6.10 Å². The lowest BCUT2D eigenvalue weighted by Gasteiger charge is -2.24. The Kier molecular flexibility index (Phi) is 5.67. The van der Waals surface area contributed by atoms with Gasteiger partial charge in [0.05, 0.1) is 19.4 Å². The third kappa shape index (κ3) is 4.13. The van der Waals surface area contributed by atoms with E-state index in [1.54, 1.807) is 25.5 Å². The number of nitrogens with two attached hydrogens (primary N) is 1. The number of hydrogen-bond acceptors (Lipinski definition) is 6. The van der Waals surface area contributed by atoms with Gasteiger partial charge in [0.2, 0.25) is 0 Å². The molecule has 0 spiro atoms. The van der Waals surface area contributed by atoms with Crippen molar-refractivity contribution in [3.05, 3.63) is 41.7 Å². The standard InChI is InChI=1S/C25H30FN3O3/c1-29-12-16-7-15(8-17(16)13-29)14-31-25-11-21-19(10-24(25)30-2)22(5-6-28-21)32-23-4-3-18(27)9-20(23)26/h3-4,6,9-11,15-17,22H,5,7-8,12-14,27H2,1-2H3. The molecule has 0 amide bonds. The molecule has 6 nitrogen and oxygen atoms in total. The first-order valence-electron chi connectivity index (χ1n) is 11.3. The highest BCUT2D eigenvalue weighted by Gasteiger charge is 2.39. The number of anilines is 1. The molecule has 3 aliphatic rings. The lowest BCUT2D eigenvalue weighted by molar-refractivity contribution is 0.202. The lowest BCUT2D eigenvalue weighted by Crippen LogP contribution is -2.18. The Morgan fingerprint density at radius 2 is 1.88 bits per heavy atom. The van der Waals surface area contributed by atoms with Crippen LogP contribution in [-0.2, 0) is 0 Å². The number of methoxy groups -OCH3 is 1. The number of rotatable bonds is 6. The van der Waals surface area contributed by atoms with Crippen LogP contribution in [0.15, 0.2) is 35.3 Å². The Morgan fingerprint density at radius 3 is 2.59 bits per heavy atom. The molecule has 0 aromatic heterocycles. The summed E-state index contributed by atoms with van der Waals surface area (Å²) in [5, 5.41) is 0. The second kappa shape index (κ2) is 8.62. The van der Waals surface area contributed by atoms with E-state index in [1.807, 2.05) is 12.1 Å². The van der Waals surface area contributed by atoms with Crippen molar-refractivity contribution in [3.8, 4) is 17.2 Å². The van der Waals surface area contributed by atoms with Gasteiger partial charge < -0.3 is 24.8 Å². The van der Waals surface area contributed by atoms with Crippen LogP contribution in [0.5, 0.6) is 17.2 Å². The van der Waals surface area contributed by atoms with Gasteiger partial charge in [-0.25, -0.2) is 4.39 Å². The van der Waals surface area contributed by atoms with Gasteiger partial charge >= 0.3 is 0 Å². The summed E-state index contributed by atoms with van der Waals surface area (Å²) in [6.45, 7) is 3.09. The molecule has 1 aliphatic carbocycles. The predicted molar refractivity (Wildman–Crippen MR) is 123 cm³/mol. The van der Waals surface area contributed by atoms with Gasteiger partial charge in [-0.3, -0.25) is 4.99 Å². The van der Waals surface area contributed by atoms with Crippen LogP contribution in [0.25, 0.3) is 0 Å². The van der Waals surface area contributed by atoms with E-state index in [1.165, 1.54) is 32.0 Å². The molecule has 2 aliphatic heterocycles. The maximum absolute atomic E-state index is 14.3. The predicted octanol–water partition coefficient (Wildman–Crippen LogP) is 4.61. The molecule has 1 saturated heterocycles. The molecule has 0 bridgehead atoms. The largest absolute Gasteiger partial charge is 0.493 e. The molecule has 2 fully saturated rings. The number of halogens is 1. The first kappa shape index (κ1) is 21.1. The van der Waals surface area contributed by atoms with Crippen molar-refractivity contribution in [3.63, 3.8) is 0 Å². The van der Waals surface area contributed by atoms with Crippen molar-refractivity contribution in [2.24, 2.45) is 22.7 Å². The minimum Gasteiger partial charge on any atom is -0.493 e. The van der Waals surface area contributed by atoms with Gasteiger partial charge in [0.15, 0.2) is 23.1 Å². The second-order valence-corrected chi connectivity index (χ2v) is 9.30. The molecule has 2 heterocycles. The molecule has 3 unspecified atom stereocenters. The summed E-state index contributed by atoms with van der Waals surface area (Å²) < 4.78 is 32.1. The van der Waals surface area contributed by atoms with Crippen molar-refractivity contribution in [2.75, 3.05) is 39.6 Å². The van der Waals surface area contributed by atoms with E-state index in [4.69, 9.17) is 19.9 Å². The Labute approximate surface area is 188 Å². The van der Waals surface area contributed by atoms with Gasteiger partial charge in [-0.15, -0.1) is 0 Å². The molecule has 0 radical (unpaired) electrons. The van der Waals surface area contributed by atoms with E-state index in [0.29, 0.717) is 36.1 Å². The maximum atomic E-state index is 14.3. The summed E-state index contributed by atoms with van der Waals surface area (Å²) in [5.41, 5.74) is 7.63. The molecule has 170 valence electrons. The van der Waals surface area contributed by atoms with Gasteiger partial charge in [0, 0.05) is 49.1 Å². The fraction of sp³-hybridized carbons (Fsp3) is 0.480. The quantitative estimate of drug-likeness (QED) is 0.666. The Balaban J connectivity index is 1.31. The number of benzene rings is 2. The number of nitrogens with zero attached hydrogens (tertiary/aromatic N) is 2. The van der Waals surface area contributed by atoms with E-state index in [0.717, 1.165) is 23.1 Å². The highest BCUT2D eigenvalue weighted by molar-refractivity contribution is 5.72. The molecule has 2 aromatic rings. The van der Waals surface area contributed by atoms with E-state index >= 15 is 0 Å². The number of nitrogen functional groups attached to an aromatic ring is 1. The average molecular weight is 440 g/mol. The minimum absolute atomic E-state index is 0.169. The van der Waals surface area contributed by atoms with Crippen LogP contribution >= 0.6 is 0 Å². The summed E-state index contributed by atoms with van der Waals surface area (Å²) in [7, 11) is 3.84. The zero-order chi connectivity index (χ0) is 22.2. The van der Waals surface area contributed by atoms with Crippen LogP contribution < -0.4 is 19.9 Å². The van der Waals surface area contributed by atoms with E-state index in [9.17, 15) is 4.39 Å². The van der Waals surface area contributed by atoms with Crippen LogP contribution in [0.1, 0.15) is 30.9 Å². The third-order valence-electron chi connectivity index (χ3n) is 6.94. The molecule has 7 heteroatoms. The molecule has 5 rings (SSSR count). The fourth-order valence-corrected chi connectivity index (χ4v) is 5.46. The third-order valence-corrected chi connectivity index (χ3v) is 6.94. The first-order valence-corrected chi connectivity index (χ1v) is 11.3. The number of hydrogen-bond donors (Lipinski definition) is 1. The first-order chi connectivity index (χ1) is 15.5. The molecule has 2 N–H and O–H groups in total. The summed E-state index contributed by atoms with van der Waals surface area (Å²) >= 11 is 0. The number of aliphatic imine (C=N–C) groups is 1. The number of fused-ring (bicyclic) bond motifs is 2. The van der Waals surface area contributed by atoms with E-state index < -0.39 is 5.82 Å². The fourth-order valence-electron chi connectivity index (χ4n) is 5.46. The van der Waals surface area contributed by atoms with Crippen LogP contribution in [0, 0.1) is 23.6 Å². The van der Waals surface area contributed by atoms with Gasteiger partial charge in [-0.05, 0) is 55.8 Å². The monoisotopic (exact) mass is 439 g/mol. The van der Waals surface area contributed by atoms with Crippen molar-refractivity contribution in [1.82, 2.24) is 4.90 Å². The lowest BCUT2D eigenvalue weighted by atomic mass is 10.0. The van der Waals surface area contributed by atoms with Gasteiger partial charge in [-0.2, -0.15) is 0 Å². The average Bonchev–Trinajstić information content (AvgIpc) is 3.30. The molecule has 32 heavy (non-hydrogen) atoms. The van der Waals surface area contributed by atoms with E-state index in [2.05, 4.69) is 16.9 Å². The number of likely N-dealkylation sites (tertiary alicyclic amines) is 1. The van der Waals surface area contributed by atoms with Crippen LogP contribution in [0.3, 0.4) is 0 Å². The smallest absolute Gasteiger partial charge is 0.167 e. The van der Waals surface area contributed by atoms with Crippen molar-refractivity contribution in [1.29, 1.82) is 0 Å².